The molecule has 7 nitrogen and oxygen atoms in total. The molecule has 1 heterocycles. The number of carboxylic acid groups (broad SMARTS) is 1. The molecule has 1 aromatic rings. The van der Waals surface area contributed by atoms with Crippen LogP contribution in [0.15, 0.2) is 0 Å². The van der Waals surface area contributed by atoms with Crippen LogP contribution < -0.4 is 11.1 Å². The Bertz CT molecular complexity index is 446. The molecule has 0 radical (unpaired) electrons. The van der Waals surface area contributed by atoms with Gasteiger partial charge in [-0.25, -0.2) is 4.68 Å². The van der Waals surface area contributed by atoms with Gasteiger partial charge in [-0.15, -0.1) is 0 Å². The van der Waals surface area contributed by atoms with Crippen LogP contribution in [0.4, 0.5) is 11.6 Å². The van der Waals surface area contributed by atoms with E-state index in [1.807, 2.05) is 13.0 Å². The van der Waals surface area contributed by atoms with E-state index in [0.29, 0.717) is 12.4 Å². The molecule has 0 atom stereocenters. The summed E-state index contributed by atoms with van der Waals surface area (Å²) < 4.78 is 1.11. The summed E-state index contributed by atoms with van der Waals surface area (Å²) >= 11 is 0. The second-order valence-corrected chi connectivity index (χ2v) is 3.55. The van der Waals surface area contributed by atoms with Crippen LogP contribution in [0.5, 0.6) is 0 Å². The number of nitrogen functional groups attached to an aromatic ring is 1. The minimum atomic E-state index is -1.05. The van der Waals surface area contributed by atoms with Crippen LogP contribution in [0.25, 0.3) is 0 Å². The first-order chi connectivity index (χ1) is 8.10. The molecule has 0 aliphatic heterocycles. The number of nitrogens with one attached hydrogen (secondary N) is 1. The summed E-state index contributed by atoms with van der Waals surface area (Å²) in [6, 6.07) is 1.92. The fraction of sp³-hybridized carbons (Fsp3) is 0.500. The van der Waals surface area contributed by atoms with Gasteiger partial charge in [0.2, 0.25) is 0 Å². The first-order valence-electron chi connectivity index (χ1n) is 5.32. The van der Waals surface area contributed by atoms with Crippen molar-refractivity contribution in [2.24, 2.45) is 0 Å². The first-order valence-corrected chi connectivity index (χ1v) is 5.32. The zero-order chi connectivity index (χ0) is 12.8. The molecule has 0 saturated heterocycles. The van der Waals surface area contributed by atoms with Crippen molar-refractivity contribution in [3.8, 4) is 6.07 Å². The third-order valence-corrected chi connectivity index (χ3v) is 2.21. The topological polar surface area (TPSA) is 117 Å². The van der Waals surface area contributed by atoms with Gasteiger partial charge >= 0.3 is 5.97 Å². The third kappa shape index (κ3) is 3.11. The standard InChI is InChI=1S/C10H15N5O2/c1-2-3-4-13-10-7(5-11)9(12)15(14-10)6-8(16)17/h2-4,6,12H2,1H3,(H,13,14)(H,16,17). The second kappa shape index (κ2) is 5.75. The van der Waals surface area contributed by atoms with E-state index in [2.05, 4.69) is 10.4 Å². The van der Waals surface area contributed by atoms with E-state index >= 15 is 0 Å². The number of aliphatic carboxylic acids is 1. The van der Waals surface area contributed by atoms with Crippen molar-refractivity contribution in [3.63, 3.8) is 0 Å². The van der Waals surface area contributed by atoms with Crippen molar-refractivity contribution in [1.29, 1.82) is 5.26 Å². The van der Waals surface area contributed by atoms with Gasteiger partial charge in [0.25, 0.3) is 0 Å². The molecule has 0 saturated carbocycles. The number of aromatic nitrogens is 2. The Morgan fingerprint density at radius 2 is 2.41 bits per heavy atom. The average Bonchev–Trinajstić information content (AvgIpc) is 2.55. The van der Waals surface area contributed by atoms with Gasteiger partial charge in [-0.3, -0.25) is 4.79 Å². The van der Waals surface area contributed by atoms with Crippen LogP contribution in [0.1, 0.15) is 25.3 Å². The summed E-state index contributed by atoms with van der Waals surface area (Å²) in [5.74, 6) is -0.627. The summed E-state index contributed by atoms with van der Waals surface area (Å²) in [6.45, 7) is 2.37. The van der Waals surface area contributed by atoms with Crippen molar-refractivity contribution >= 4 is 17.6 Å². The molecule has 17 heavy (non-hydrogen) atoms. The number of carbonyl (C=O) groups is 1. The quantitative estimate of drug-likeness (QED) is 0.625. The highest BCUT2D eigenvalue weighted by atomic mass is 16.4. The summed E-state index contributed by atoms with van der Waals surface area (Å²) in [5.41, 5.74) is 5.84. The fourth-order valence-electron chi connectivity index (χ4n) is 1.34. The number of nitrogens with two attached hydrogens (primary N) is 1. The maximum Gasteiger partial charge on any atom is 0.325 e. The van der Waals surface area contributed by atoms with Gasteiger partial charge in [-0.05, 0) is 6.42 Å². The normalized spacial score (nSPS) is 9.88. The summed E-state index contributed by atoms with van der Waals surface area (Å²) in [7, 11) is 0. The van der Waals surface area contributed by atoms with Crippen molar-refractivity contribution in [3.05, 3.63) is 5.56 Å². The average molecular weight is 237 g/mol. The minimum absolute atomic E-state index is 0.0777. The van der Waals surface area contributed by atoms with E-state index in [-0.39, 0.29) is 17.9 Å². The molecule has 0 amide bonds. The number of anilines is 2. The molecule has 7 heteroatoms. The zero-order valence-corrected chi connectivity index (χ0v) is 9.60. The van der Waals surface area contributed by atoms with Crippen molar-refractivity contribution in [1.82, 2.24) is 9.78 Å². The van der Waals surface area contributed by atoms with Crippen LogP contribution in [0.2, 0.25) is 0 Å². The Labute approximate surface area is 98.8 Å². The number of hydrogen-bond acceptors (Lipinski definition) is 5. The lowest BCUT2D eigenvalue weighted by Gasteiger charge is -2.00. The predicted molar refractivity (Wildman–Crippen MR) is 62.4 cm³/mol. The lowest BCUT2D eigenvalue weighted by atomic mass is 10.3. The fourth-order valence-corrected chi connectivity index (χ4v) is 1.34. The SMILES string of the molecule is CCCCNc1nn(CC(=O)O)c(N)c1C#N. The van der Waals surface area contributed by atoms with Crippen LogP contribution in [-0.2, 0) is 11.3 Å². The number of rotatable bonds is 6. The Morgan fingerprint density at radius 1 is 1.71 bits per heavy atom. The van der Waals surface area contributed by atoms with Crippen molar-refractivity contribution in [2.45, 2.75) is 26.3 Å². The van der Waals surface area contributed by atoms with Gasteiger partial charge in [0, 0.05) is 6.54 Å². The third-order valence-electron chi connectivity index (χ3n) is 2.21. The number of carboxylic acids is 1. The molecule has 92 valence electrons. The highest BCUT2D eigenvalue weighted by molar-refractivity contribution is 5.70. The van der Waals surface area contributed by atoms with Crippen LogP contribution >= 0.6 is 0 Å². The molecule has 0 spiro atoms. The molecule has 0 unspecified atom stereocenters. The van der Waals surface area contributed by atoms with E-state index < -0.39 is 5.97 Å². The van der Waals surface area contributed by atoms with E-state index in [1.165, 1.54) is 0 Å². The molecule has 0 bridgehead atoms. The predicted octanol–water partition coefficient (Wildman–Crippen LogP) is 0.634. The second-order valence-electron chi connectivity index (χ2n) is 3.55. The molecular weight excluding hydrogens is 222 g/mol. The highest BCUT2D eigenvalue weighted by Gasteiger charge is 2.16. The Morgan fingerprint density at radius 3 is 2.94 bits per heavy atom. The van der Waals surface area contributed by atoms with Gasteiger partial charge in [0.05, 0.1) is 0 Å². The molecule has 1 aromatic heterocycles. The van der Waals surface area contributed by atoms with Crippen LogP contribution in [0.3, 0.4) is 0 Å². The summed E-state index contributed by atoms with van der Waals surface area (Å²) in [5, 5.41) is 24.5. The van der Waals surface area contributed by atoms with Crippen LogP contribution in [-0.4, -0.2) is 27.4 Å². The number of nitrogens with zero attached hydrogens (tertiary/aromatic N) is 3. The Hall–Kier alpha value is -2.23. The zero-order valence-electron chi connectivity index (χ0n) is 9.60. The minimum Gasteiger partial charge on any atom is -0.480 e. The number of unbranched alkanes of at least 4 members (excludes halogenated alkanes) is 1. The van der Waals surface area contributed by atoms with Gasteiger partial charge in [-0.1, -0.05) is 13.3 Å². The van der Waals surface area contributed by atoms with Gasteiger partial charge in [0.15, 0.2) is 5.82 Å². The number of nitriles is 1. The van der Waals surface area contributed by atoms with Crippen molar-refractivity contribution in [2.75, 3.05) is 17.6 Å². The van der Waals surface area contributed by atoms with E-state index in [1.54, 1.807) is 0 Å². The van der Waals surface area contributed by atoms with E-state index in [0.717, 1.165) is 17.5 Å². The van der Waals surface area contributed by atoms with E-state index in [4.69, 9.17) is 16.1 Å². The van der Waals surface area contributed by atoms with Gasteiger partial charge < -0.3 is 16.2 Å². The lowest BCUT2D eigenvalue weighted by Crippen LogP contribution is -2.13. The highest BCUT2D eigenvalue weighted by Crippen LogP contribution is 2.20. The lowest BCUT2D eigenvalue weighted by molar-refractivity contribution is -0.137. The molecule has 0 fully saturated rings. The van der Waals surface area contributed by atoms with Gasteiger partial charge in [0.1, 0.15) is 24.0 Å². The molecular formula is C10H15N5O2. The largest absolute Gasteiger partial charge is 0.480 e. The molecule has 0 aromatic carbocycles. The molecule has 0 aliphatic rings. The smallest absolute Gasteiger partial charge is 0.325 e. The summed E-state index contributed by atoms with van der Waals surface area (Å²) in [4.78, 5) is 10.6. The molecule has 4 N–H and O–H groups in total. The monoisotopic (exact) mass is 237 g/mol. The van der Waals surface area contributed by atoms with Crippen LogP contribution in [0, 0.1) is 11.3 Å². The summed E-state index contributed by atoms with van der Waals surface area (Å²) in [6.07, 6.45) is 1.96. The maximum absolute atomic E-state index is 10.6. The Balaban J connectivity index is 2.89. The van der Waals surface area contributed by atoms with Crippen molar-refractivity contribution < 1.29 is 9.90 Å². The first kappa shape index (κ1) is 12.8. The Kier molecular flexibility index (Phi) is 4.34. The van der Waals surface area contributed by atoms with Gasteiger partial charge in [-0.2, -0.15) is 10.4 Å². The molecule has 1 rings (SSSR count). The molecule has 0 aliphatic carbocycles. The maximum atomic E-state index is 10.6. The number of hydrogen-bond donors (Lipinski definition) is 3. The van der Waals surface area contributed by atoms with E-state index in [9.17, 15) is 4.79 Å².